The third-order valence-corrected chi connectivity index (χ3v) is 13.1. The summed E-state index contributed by atoms with van der Waals surface area (Å²) in [5, 5.41) is 0.104. The Bertz CT molecular complexity index is 1190. The average molecular weight is 514 g/mol. The third kappa shape index (κ3) is 4.01. The second-order valence-corrected chi connectivity index (χ2v) is 14.3. The van der Waals surface area contributed by atoms with Crippen molar-refractivity contribution in [3.63, 3.8) is 0 Å². The molecule has 0 saturated heterocycles. The first-order valence-corrected chi connectivity index (χ1v) is 13.0. The van der Waals surface area contributed by atoms with Crippen molar-refractivity contribution < 1.29 is 60.0 Å². The van der Waals surface area contributed by atoms with E-state index in [4.69, 9.17) is 10.7 Å². The molecule has 0 aromatic heterocycles. The number of halogens is 6. The summed E-state index contributed by atoms with van der Waals surface area (Å²) in [7, 11) is -26.2. The maximum Gasteiger partial charge on any atom is 0.420 e. The fourth-order valence-corrected chi connectivity index (χ4v) is 10.4. The van der Waals surface area contributed by atoms with Gasteiger partial charge in [-0.3, -0.25) is 5.41 Å². The lowest BCUT2D eigenvalue weighted by Crippen LogP contribution is -2.63. The van der Waals surface area contributed by atoms with Crippen LogP contribution in [0.1, 0.15) is 0 Å². The zero-order chi connectivity index (χ0) is 24.1. The lowest BCUT2D eigenvalue weighted by atomic mass is 10.3. The first-order valence-electron chi connectivity index (χ1n) is 6.08. The van der Waals surface area contributed by atoms with E-state index in [9.17, 15) is 60.0 Å². The molecule has 0 aromatic rings. The number of hydrogen-bond acceptors (Lipinski definition) is 10. The molecule has 29 heavy (non-hydrogen) atoms. The van der Waals surface area contributed by atoms with Crippen LogP contribution in [0.25, 0.3) is 0 Å². The van der Waals surface area contributed by atoms with Gasteiger partial charge in [-0.1, -0.05) is 0 Å². The fraction of sp³-hybridized carbons (Fsp3) is 0.667. The van der Waals surface area contributed by atoms with Gasteiger partial charge in [-0.2, -0.15) is 31.6 Å². The van der Waals surface area contributed by atoms with Crippen LogP contribution in [0.15, 0.2) is 4.91 Å². The molecule has 0 bridgehead atoms. The Balaban J connectivity index is 7.26. The highest BCUT2D eigenvalue weighted by molar-refractivity contribution is 8.24. The number of rotatable bonds is 8. The molecule has 0 aliphatic carbocycles. The van der Waals surface area contributed by atoms with E-state index in [2.05, 4.69) is 0 Å². The van der Waals surface area contributed by atoms with E-state index in [0.717, 1.165) is 0 Å². The molecule has 0 radical (unpaired) electrons. The molecule has 0 saturated carbocycles. The van der Waals surface area contributed by atoms with Crippen LogP contribution in [0, 0.1) is 16.7 Å². The van der Waals surface area contributed by atoms with Gasteiger partial charge in [-0.05, 0) is 0 Å². The fourth-order valence-electron chi connectivity index (χ4n) is 1.70. The molecule has 168 valence electrons. The van der Waals surface area contributed by atoms with Crippen molar-refractivity contribution in [2.24, 2.45) is 0 Å². The van der Waals surface area contributed by atoms with Crippen molar-refractivity contribution in [1.82, 2.24) is 0 Å². The largest absolute Gasteiger partial charge is 0.420 e. The zero-order valence-electron chi connectivity index (χ0n) is 13.7. The molecule has 0 amide bonds. The van der Waals surface area contributed by atoms with Crippen molar-refractivity contribution in [2.75, 3.05) is 12.5 Å². The monoisotopic (exact) mass is 514 g/mol. The molecule has 0 fully saturated rings. The predicted molar refractivity (Wildman–Crippen MR) is 83.0 cm³/mol. The first-order chi connectivity index (χ1) is 12.4. The number of nitriles is 1. The minimum atomic E-state index is -7.62. The van der Waals surface area contributed by atoms with Crippen LogP contribution >= 0.6 is 0 Å². The maximum absolute atomic E-state index is 14.0. The van der Waals surface area contributed by atoms with Gasteiger partial charge >= 0.3 is 16.4 Å². The number of sulfone groups is 4. The average Bonchev–Trinajstić information content (AvgIpc) is 2.43. The summed E-state index contributed by atoms with van der Waals surface area (Å²) in [4.78, 5) is -2.60. The summed E-state index contributed by atoms with van der Waals surface area (Å²) >= 11 is 0. The highest BCUT2D eigenvalue weighted by Gasteiger charge is 2.83. The molecule has 20 heteroatoms. The molecule has 0 aromatic carbocycles. The minimum absolute atomic E-state index is 0.262. The highest BCUT2D eigenvalue weighted by atomic mass is 32.3. The van der Waals surface area contributed by atoms with Gasteiger partial charge in [0.2, 0.25) is 4.91 Å². The molecular formula is C9H8F6N2O8S4. The number of allylic oxidation sites excluding steroid dienone is 1. The maximum atomic E-state index is 14.0. The van der Waals surface area contributed by atoms with Crippen molar-refractivity contribution in [1.29, 1.82) is 10.7 Å². The van der Waals surface area contributed by atoms with Crippen LogP contribution in [-0.4, -0.2) is 72.4 Å². The van der Waals surface area contributed by atoms with E-state index in [-0.39, 0.29) is 18.6 Å². The van der Waals surface area contributed by atoms with E-state index in [1.165, 1.54) is 0 Å². The van der Waals surface area contributed by atoms with Crippen molar-refractivity contribution in [2.45, 2.75) is 20.3 Å². The SMILES string of the molecule is CS(=O)(=O)C(S(C)(=O)=O)S(=O)(=O)C(F)(F)C(F)(F)C(F)(F)S(=O)(=O)C(=C=N)C#N. The van der Waals surface area contributed by atoms with Gasteiger partial charge in [-0.15, -0.1) is 0 Å². The lowest BCUT2D eigenvalue weighted by molar-refractivity contribution is -0.243. The summed E-state index contributed by atoms with van der Waals surface area (Å²) in [6, 6.07) is 0.262. The summed E-state index contributed by atoms with van der Waals surface area (Å²) < 4.78 is 171. The van der Waals surface area contributed by atoms with Crippen LogP contribution in [0.3, 0.4) is 0 Å². The molecule has 0 atom stereocenters. The zero-order valence-corrected chi connectivity index (χ0v) is 17.0. The Labute approximate surface area is 160 Å². The molecule has 1 N–H and O–H groups in total. The van der Waals surface area contributed by atoms with Crippen LogP contribution in [-0.2, 0) is 39.3 Å². The second kappa shape index (κ2) is 7.23. The van der Waals surface area contributed by atoms with E-state index in [1.807, 2.05) is 0 Å². The predicted octanol–water partition coefficient (Wildman–Crippen LogP) is -0.334. The standard InChI is InChI=1S/C9H8F6N2O8S4/c1-26(18,19)6(27(2,20)21)29(24,25)9(14,15)7(10,11)8(12,13)28(22,23)5(3-16)4-17/h6,16H,1-2H3. The Kier molecular flexibility index (Phi) is 6.81. The van der Waals surface area contributed by atoms with Gasteiger partial charge in [0.1, 0.15) is 6.07 Å². The van der Waals surface area contributed by atoms with Crippen LogP contribution < -0.4 is 0 Å². The Hall–Kier alpha value is -1.68. The molecule has 0 spiro atoms. The smallest absolute Gasteiger partial charge is 0.257 e. The van der Waals surface area contributed by atoms with Crippen molar-refractivity contribution in [3.8, 4) is 6.07 Å². The highest BCUT2D eigenvalue weighted by Crippen LogP contribution is 2.53. The van der Waals surface area contributed by atoms with Gasteiger partial charge in [0.15, 0.2) is 19.7 Å². The normalized spacial score (nSPS) is 14.9. The summed E-state index contributed by atoms with van der Waals surface area (Å²) in [6.45, 7) is 0. The molecule has 0 unspecified atom stereocenters. The number of nitrogens with one attached hydrogen (secondary N) is 1. The van der Waals surface area contributed by atoms with Gasteiger partial charge in [0.25, 0.3) is 23.6 Å². The summed E-state index contributed by atoms with van der Waals surface area (Å²) in [5.74, 6) is -7.06. The molecule has 10 nitrogen and oxygen atoms in total. The van der Waals surface area contributed by atoms with Crippen molar-refractivity contribution >= 4 is 45.2 Å². The Morgan fingerprint density at radius 2 is 1.17 bits per heavy atom. The van der Waals surface area contributed by atoms with Gasteiger partial charge in [-0.25, -0.2) is 33.7 Å². The first kappa shape index (κ1) is 27.3. The summed E-state index contributed by atoms with van der Waals surface area (Å²) in [6.07, 6.45) is -0.601. The summed E-state index contributed by atoms with van der Waals surface area (Å²) in [5.41, 5.74) is 0. The van der Waals surface area contributed by atoms with Crippen LogP contribution in [0.4, 0.5) is 26.3 Å². The number of nitrogens with zero attached hydrogens (tertiary/aromatic N) is 1. The number of hydrogen-bond donors (Lipinski definition) is 1. The number of alkyl halides is 6. The Morgan fingerprint density at radius 1 is 0.828 bits per heavy atom. The van der Waals surface area contributed by atoms with Gasteiger partial charge in [0, 0.05) is 18.4 Å². The van der Waals surface area contributed by atoms with Crippen LogP contribution in [0.2, 0.25) is 0 Å². The van der Waals surface area contributed by atoms with Crippen LogP contribution in [0.5, 0.6) is 0 Å². The molecule has 0 aliphatic heterocycles. The molecule has 0 aliphatic rings. The molecule has 0 heterocycles. The van der Waals surface area contributed by atoms with E-state index < -0.39 is 64.6 Å². The van der Waals surface area contributed by atoms with E-state index in [0.29, 0.717) is 5.87 Å². The third-order valence-electron chi connectivity index (χ3n) is 2.86. The van der Waals surface area contributed by atoms with Crippen molar-refractivity contribution in [3.05, 3.63) is 4.91 Å². The lowest BCUT2D eigenvalue weighted by Gasteiger charge is -2.32. The van der Waals surface area contributed by atoms with E-state index >= 15 is 0 Å². The van der Waals surface area contributed by atoms with E-state index in [1.54, 1.807) is 0 Å². The van der Waals surface area contributed by atoms with Gasteiger partial charge in [0.05, 0.1) is 0 Å². The molecular weight excluding hydrogens is 506 g/mol. The van der Waals surface area contributed by atoms with Gasteiger partial charge < -0.3 is 0 Å². The topological polar surface area (TPSA) is 184 Å². The molecule has 0 rings (SSSR count). The quantitative estimate of drug-likeness (QED) is 0.257. The minimum Gasteiger partial charge on any atom is -0.257 e. The second-order valence-electron chi connectivity index (χ2n) is 5.17. The Morgan fingerprint density at radius 3 is 1.41 bits per heavy atom.